The van der Waals surface area contributed by atoms with Crippen molar-refractivity contribution in [1.29, 1.82) is 0 Å². The van der Waals surface area contributed by atoms with Crippen LogP contribution in [0, 0.1) is 5.92 Å². The van der Waals surface area contributed by atoms with Crippen LogP contribution in [0.4, 0.5) is 9.52 Å². The Balaban J connectivity index is 1.72. The Labute approximate surface area is 116 Å². The van der Waals surface area contributed by atoms with Gasteiger partial charge in [0.2, 0.25) is 0 Å². The Hall–Kier alpha value is -1.42. The molecule has 2 nitrogen and oxygen atoms in total. The Kier molecular flexibility index (Phi) is 3.78. The summed E-state index contributed by atoms with van der Waals surface area (Å²) < 4.78 is 12.6. The fraction of sp³-hybridized carbons (Fsp3) is 0.400. The minimum absolute atomic E-state index is 0.180. The third kappa shape index (κ3) is 2.78. The minimum atomic E-state index is -0.180. The Bertz CT molecular complexity index is 518. The minimum Gasteiger partial charge on any atom is -0.348 e. The van der Waals surface area contributed by atoms with Crippen LogP contribution < -0.4 is 4.90 Å². The van der Waals surface area contributed by atoms with Crippen molar-refractivity contribution < 1.29 is 4.39 Å². The van der Waals surface area contributed by atoms with Gasteiger partial charge >= 0.3 is 0 Å². The summed E-state index contributed by atoms with van der Waals surface area (Å²) >= 11 is 1.68. The normalized spacial score (nSPS) is 16.8. The number of halogens is 1. The van der Waals surface area contributed by atoms with E-state index < -0.39 is 0 Å². The predicted octanol–water partition coefficient (Wildman–Crippen LogP) is 4.00. The molecule has 0 radical (unpaired) electrons. The highest BCUT2D eigenvalue weighted by atomic mass is 32.1. The zero-order valence-corrected chi connectivity index (χ0v) is 11.6. The maximum absolute atomic E-state index is 12.6. The molecule has 100 valence electrons. The molecule has 0 saturated carbocycles. The first-order valence-electron chi connectivity index (χ1n) is 6.68. The first kappa shape index (κ1) is 12.6. The first-order valence-corrected chi connectivity index (χ1v) is 7.56. The maximum atomic E-state index is 12.6. The second-order valence-electron chi connectivity index (χ2n) is 4.97. The summed E-state index contributed by atoms with van der Waals surface area (Å²) in [6, 6.07) is 10.2. The van der Waals surface area contributed by atoms with Crippen LogP contribution in [0.3, 0.4) is 0 Å². The van der Waals surface area contributed by atoms with Crippen LogP contribution in [0.1, 0.15) is 12.8 Å². The van der Waals surface area contributed by atoms with Crippen LogP contribution in [-0.2, 0) is 0 Å². The number of piperidine rings is 1. The van der Waals surface area contributed by atoms with Gasteiger partial charge < -0.3 is 4.90 Å². The molecule has 1 aromatic heterocycles. The van der Waals surface area contributed by atoms with Crippen LogP contribution >= 0.6 is 11.3 Å². The Morgan fingerprint density at radius 1 is 1.21 bits per heavy atom. The number of hydrogen-bond donors (Lipinski definition) is 0. The molecular formula is C15H17FN2S. The van der Waals surface area contributed by atoms with Gasteiger partial charge in [-0.05, 0) is 18.8 Å². The van der Waals surface area contributed by atoms with Crippen molar-refractivity contribution in [3.05, 3.63) is 35.7 Å². The van der Waals surface area contributed by atoms with Crippen molar-refractivity contribution >= 4 is 16.5 Å². The average molecular weight is 276 g/mol. The van der Waals surface area contributed by atoms with E-state index in [0.717, 1.165) is 42.3 Å². The van der Waals surface area contributed by atoms with Crippen molar-refractivity contribution in [2.24, 2.45) is 5.92 Å². The number of hydrogen-bond acceptors (Lipinski definition) is 3. The first-order chi connectivity index (χ1) is 9.36. The topological polar surface area (TPSA) is 16.1 Å². The zero-order valence-electron chi connectivity index (χ0n) is 10.8. The summed E-state index contributed by atoms with van der Waals surface area (Å²) in [6.07, 6.45) is 1.88. The molecular weight excluding hydrogens is 259 g/mol. The fourth-order valence-corrected chi connectivity index (χ4v) is 3.32. The second kappa shape index (κ2) is 5.70. The standard InChI is InChI=1S/C15H17FN2S/c16-10-12-6-8-18(9-7-12)15-17-14(11-19-15)13-4-2-1-3-5-13/h1-5,11-12H,6-10H2. The Morgan fingerprint density at radius 3 is 2.63 bits per heavy atom. The number of thiazole rings is 1. The number of alkyl halides is 1. The lowest BCUT2D eigenvalue weighted by Crippen LogP contribution is -2.34. The number of rotatable bonds is 3. The zero-order chi connectivity index (χ0) is 13.1. The lowest BCUT2D eigenvalue weighted by atomic mass is 9.99. The van der Waals surface area contributed by atoms with E-state index in [4.69, 9.17) is 4.98 Å². The van der Waals surface area contributed by atoms with Crippen LogP contribution in [-0.4, -0.2) is 24.7 Å². The van der Waals surface area contributed by atoms with E-state index in [1.54, 1.807) is 11.3 Å². The van der Waals surface area contributed by atoms with E-state index in [0.29, 0.717) is 0 Å². The lowest BCUT2D eigenvalue weighted by molar-refractivity contribution is 0.307. The molecule has 0 atom stereocenters. The summed E-state index contributed by atoms with van der Waals surface area (Å²) in [5, 5.41) is 3.17. The van der Waals surface area contributed by atoms with Crippen molar-refractivity contribution in [1.82, 2.24) is 4.98 Å². The molecule has 1 aliphatic rings. The van der Waals surface area contributed by atoms with E-state index >= 15 is 0 Å². The van der Waals surface area contributed by atoms with Gasteiger partial charge in [-0.25, -0.2) is 4.98 Å². The largest absolute Gasteiger partial charge is 0.348 e. The molecule has 0 bridgehead atoms. The van der Waals surface area contributed by atoms with E-state index in [2.05, 4.69) is 22.4 Å². The van der Waals surface area contributed by atoms with Gasteiger partial charge in [0.05, 0.1) is 12.4 Å². The average Bonchev–Trinajstić information content (AvgIpc) is 2.98. The highest BCUT2D eigenvalue weighted by Gasteiger charge is 2.21. The molecule has 2 aromatic rings. The summed E-state index contributed by atoms with van der Waals surface area (Å²) in [5.41, 5.74) is 2.19. The van der Waals surface area contributed by atoms with Crippen molar-refractivity contribution in [2.45, 2.75) is 12.8 Å². The van der Waals surface area contributed by atoms with Gasteiger partial charge in [0, 0.05) is 24.0 Å². The molecule has 0 aliphatic carbocycles. The predicted molar refractivity (Wildman–Crippen MR) is 78.5 cm³/mol. The lowest BCUT2D eigenvalue weighted by Gasteiger charge is -2.30. The highest BCUT2D eigenvalue weighted by Crippen LogP contribution is 2.30. The maximum Gasteiger partial charge on any atom is 0.185 e. The van der Waals surface area contributed by atoms with E-state index in [-0.39, 0.29) is 12.6 Å². The monoisotopic (exact) mass is 276 g/mol. The van der Waals surface area contributed by atoms with Crippen molar-refractivity contribution in [3.63, 3.8) is 0 Å². The van der Waals surface area contributed by atoms with Crippen molar-refractivity contribution in [3.8, 4) is 11.3 Å². The fourth-order valence-electron chi connectivity index (χ4n) is 2.43. The molecule has 3 rings (SSSR count). The summed E-state index contributed by atoms with van der Waals surface area (Å²) in [6.45, 7) is 1.67. The quantitative estimate of drug-likeness (QED) is 0.842. The van der Waals surface area contributed by atoms with Gasteiger partial charge in [0.1, 0.15) is 0 Å². The van der Waals surface area contributed by atoms with Gasteiger partial charge in [0.25, 0.3) is 0 Å². The van der Waals surface area contributed by atoms with Crippen LogP contribution in [0.15, 0.2) is 35.7 Å². The molecule has 1 fully saturated rings. The van der Waals surface area contributed by atoms with E-state index in [1.807, 2.05) is 18.2 Å². The number of benzene rings is 1. The summed E-state index contributed by atoms with van der Waals surface area (Å²) in [7, 11) is 0. The molecule has 0 spiro atoms. The van der Waals surface area contributed by atoms with Gasteiger partial charge in [-0.3, -0.25) is 4.39 Å². The molecule has 0 unspecified atom stereocenters. The Morgan fingerprint density at radius 2 is 1.95 bits per heavy atom. The molecule has 0 amide bonds. The van der Waals surface area contributed by atoms with E-state index in [9.17, 15) is 4.39 Å². The van der Waals surface area contributed by atoms with Gasteiger partial charge in [-0.15, -0.1) is 11.3 Å². The van der Waals surface area contributed by atoms with Crippen LogP contribution in [0.5, 0.6) is 0 Å². The molecule has 1 saturated heterocycles. The molecule has 19 heavy (non-hydrogen) atoms. The third-order valence-corrected chi connectivity index (χ3v) is 4.57. The summed E-state index contributed by atoms with van der Waals surface area (Å²) in [4.78, 5) is 6.99. The molecule has 0 N–H and O–H groups in total. The smallest absolute Gasteiger partial charge is 0.185 e. The molecule has 1 aliphatic heterocycles. The van der Waals surface area contributed by atoms with Crippen molar-refractivity contribution in [2.75, 3.05) is 24.7 Å². The van der Waals surface area contributed by atoms with Gasteiger partial charge in [-0.2, -0.15) is 0 Å². The van der Waals surface area contributed by atoms with Crippen LogP contribution in [0.2, 0.25) is 0 Å². The highest BCUT2D eigenvalue weighted by molar-refractivity contribution is 7.14. The number of nitrogens with zero attached hydrogens (tertiary/aromatic N) is 2. The van der Waals surface area contributed by atoms with Gasteiger partial charge in [-0.1, -0.05) is 30.3 Å². The van der Waals surface area contributed by atoms with Crippen LogP contribution in [0.25, 0.3) is 11.3 Å². The van der Waals surface area contributed by atoms with Gasteiger partial charge in [0.15, 0.2) is 5.13 Å². The summed E-state index contributed by atoms with van der Waals surface area (Å²) in [5.74, 6) is 0.254. The number of anilines is 1. The molecule has 4 heteroatoms. The number of aromatic nitrogens is 1. The molecule has 1 aromatic carbocycles. The second-order valence-corrected chi connectivity index (χ2v) is 5.80. The SMILES string of the molecule is FCC1CCN(c2nc(-c3ccccc3)cs2)CC1. The van der Waals surface area contributed by atoms with E-state index in [1.165, 1.54) is 0 Å². The molecule has 2 heterocycles. The third-order valence-electron chi connectivity index (χ3n) is 3.66.